The molecule has 1 heterocycles. The van der Waals surface area contributed by atoms with Gasteiger partial charge in [-0.25, -0.2) is 0 Å². The van der Waals surface area contributed by atoms with E-state index in [9.17, 15) is 31.1 Å². The van der Waals surface area contributed by atoms with E-state index in [0.29, 0.717) is 40.1 Å². The lowest BCUT2D eigenvalue weighted by Gasteiger charge is -2.15. The number of nitrogens with one attached hydrogen (secondary N) is 1. The van der Waals surface area contributed by atoms with E-state index < -0.39 is 23.5 Å². The minimum absolute atomic E-state index is 0.108. The molecule has 0 saturated carbocycles. The van der Waals surface area contributed by atoms with E-state index in [1.807, 2.05) is 13.0 Å². The van der Waals surface area contributed by atoms with Gasteiger partial charge in [-0.05, 0) is 59.9 Å². The number of alkyl halides is 6. The molecule has 1 N–H and O–H groups in total. The van der Waals surface area contributed by atoms with E-state index >= 15 is 0 Å². The number of halogens is 6. The number of carbonyl (C=O) groups excluding carboxylic acids is 1. The molecule has 0 unspecified atom stereocenters. The van der Waals surface area contributed by atoms with Crippen molar-refractivity contribution in [1.29, 1.82) is 0 Å². The van der Waals surface area contributed by atoms with Crippen LogP contribution in [-0.2, 0) is 17.1 Å². The summed E-state index contributed by atoms with van der Waals surface area (Å²) in [6.45, 7) is 1.85. The van der Waals surface area contributed by atoms with Gasteiger partial charge in [0, 0.05) is 11.1 Å². The predicted octanol–water partition coefficient (Wildman–Crippen LogP) is 6.78. The summed E-state index contributed by atoms with van der Waals surface area (Å²) in [6.07, 6.45) is -5.02. The lowest BCUT2D eigenvalue weighted by Crippen LogP contribution is -2.11. The summed E-state index contributed by atoms with van der Waals surface area (Å²) in [5.41, 5.74) is 0.743. The van der Waals surface area contributed by atoms with Crippen LogP contribution in [-0.4, -0.2) is 5.91 Å². The first-order valence-corrected chi connectivity index (χ1v) is 9.26. The number of carbonyl (C=O) groups is 1. The summed E-state index contributed by atoms with van der Waals surface area (Å²) >= 11 is 0. The normalized spacial score (nSPS) is 17.5. The first-order valence-electron chi connectivity index (χ1n) is 9.26. The standard InChI is InChI=1S/C23H15F6NO/c1-12-3-2-4-18-19(21(31)30-20(12)18)8-13-5-6-14(7-13)15-9-16(22(24,25)26)11-17(10-15)23(27,28)29/h2-6,8-11H,7H2,1H3,(H,30,31)/b19-8+. The molecule has 0 aromatic heterocycles. The van der Waals surface area contributed by atoms with Crippen molar-refractivity contribution in [1.82, 2.24) is 0 Å². The smallest absolute Gasteiger partial charge is 0.321 e. The Hall–Kier alpha value is -3.29. The Morgan fingerprint density at radius 1 is 0.935 bits per heavy atom. The molecule has 2 nitrogen and oxygen atoms in total. The zero-order valence-corrected chi connectivity index (χ0v) is 16.1. The average Bonchev–Trinajstić information content (AvgIpc) is 3.27. The number of hydrogen-bond donors (Lipinski definition) is 1. The average molecular weight is 435 g/mol. The molecule has 31 heavy (non-hydrogen) atoms. The molecule has 4 rings (SSSR count). The molecule has 1 aliphatic heterocycles. The van der Waals surface area contributed by atoms with Crippen molar-refractivity contribution in [3.63, 3.8) is 0 Å². The van der Waals surface area contributed by atoms with E-state index in [-0.39, 0.29) is 24.0 Å². The molecule has 1 aliphatic carbocycles. The van der Waals surface area contributed by atoms with Gasteiger partial charge in [-0.15, -0.1) is 0 Å². The lowest BCUT2D eigenvalue weighted by atomic mass is 9.96. The molecule has 0 saturated heterocycles. The van der Waals surface area contributed by atoms with E-state index in [0.717, 1.165) is 5.56 Å². The molecule has 2 aliphatic rings. The lowest BCUT2D eigenvalue weighted by molar-refractivity contribution is -0.143. The molecular formula is C23H15F6NO. The quantitative estimate of drug-likeness (QED) is 0.409. The van der Waals surface area contributed by atoms with Crippen molar-refractivity contribution in [3.8, 4) is 0 Å². The second kappa shape index (κ2) is 7.14. The van der Waals surface area contributed by atoms with Crippen LogP contribution in [0.1, 0.15) is 34.2 Å². The maximum absolute atomic E-state index is 13.1. The van der Waals surface area contributed by atoms with Crippen LogP contribution in [0.4, 0.5) is 32.0 Å². The third-order valence-corrected chi connectivity index (χ3v) is 5.23. The highest BCUT2D eigenvalue weighted by Gasteiger charge is 2.37. The molecule has 0 fully saturated rings. The van der Waals surface area contributed by atoms with Crippen LogP contribution in [0.25, 0.3) is 11.1 Å². The second-order valence-corrected chi connectivity index (χ2v) is 7.41. The molecule has 0 bridgehead atoms. The molecule has 2 aromatic rings. The van der Waals surface area contributed by atoms with E-state index in [1.165, 1.54) is 6.08 Å². The zero-order chi connectivity index (χ0) is 22.6. The van der Waals surface area contributed by atoms with Gasteiger partial charge in [0.05, 0.1) is 16.8 Å². The molecule has 1 amide bonds. The van der Waals surface area contributed by atoms with Gasteiger partial charge in [0.1, 0.15) is 0 Å². The minimum Gasteiger partial charge on any atom is -0.321 e. The maximum Gasteiger partial charge on any atom is 0.416 e. The second-order valence-electron chi connectivity index (χ2n) is 7.41. The van der Waals surface area contributed by atoms with Crippen molar-refractivity contribution in [2.45, 2.75) is 25.7 Å². The highest BCUT2D eigenvalue weighted by Crippen LogP contribution is 2.41. The number of fused-ring (bicyclic) bond motifs is 1. The summed E-state index contributed by atoms with van der Waals surface area (Å²) < 4.78 is 78.8. The molecule has 0 spiro atoms. The molecule has 160 valence electrons. The van der Waals surface area contributed by atoms with Gasteiger partial charge in [-0.3, -0.25) is 4.79 Å². The van der Waals surface area contributed by atoms with Gasteiger partial charge in [-0.2, -0.15) is 26.3 Å². The molecule has 2 aromatic carbocycles. The molecular weight excluding hydrogens is 420 g/mol. The van der Waals surface area contributed by atoms with E-state index in [4.69, 9.17) is 0 Å². The first-order chi connectivity index (χ1) is 14.4. The minimum atomic E-state index is -4.91. The number of benzene rings is 2. The fourth-order valence-corrected chi connectivity index (χ4v) is 3.67. The Morgan fingerprint density at radius 2 is 1.58 bits per heavy atom. The summed E-state index contributed by atoms with van der Waals surface area (Å²) in [7, 11) is 0. The number of amides is 1. The summed E-state index contributed by atoms with van der Waals surface area (Å²) in [4.78, 5) is 12.4. The Morgan fingerprint density at radius 3 is 2.19 bits per heavy atom. The Bertz CT molecular complexity index is 1150. The van der Waals surface area contributed by atoms with Gasteiger partial charge < -0.3 is 5.32 Å². The van der Waals surface area contributed by atoms with Crippen molar-refractivity contribution < 1.29 is 31.1 Å². The number of para-hydroxylation sites is 1. The van der Waals surface area contributed by atoms with Crippen molar-refractivity contribution in [2.24, 2.45) is 0 Å². The monoisotopic (exact) mass is 435 g/mol. The summed E-state index contributed by atoms with van der Waals surface area (Å²) in [6, 6.07) is 6.96. The third-order valence-electron chi connectivity index (χ3n) is 5.23. The summed E-state index contributed by atoms with van der Waals surface area (Å²) in [5, 5.41) is 2.78. The van der Waals surface area contributed by atoms with Crippen LogP contribution in [0.2, 0.25) is 0 Å². The molecule has 8 heteroatoms. The largest absolute Gasteiger partial charge is 0.416 e. The topological polar surface area (TPSA) is 29.1 Å². The number of aryl methyl sites for hydroxylation is 1. The molecule has 0 atom stereocenters. The number of anilines is 1. The van der Waals surface area contributed by atoms with Crippen molar-refractivity contribution in [2.75, 3.05) is 5.32 Å². The van der Waals surface area contributed by atoms with Gasteiger partial charge in [0.15, 0.2) is 0 Å². The zero-order valence-electron chi connectivity index (χ0n) is 16.1. The van der Waals surface area contributed by atoms with Crippen LogP contribution in [0.5, 0.6) is 0 Å². The fourth-order valence-electron chi connectivity index (χ4n) is 3.67. The Balaban J connectivity index is 1.65. The number of hydrogen-bond acceptors (Lipinski definition) is 1. The highest BCUT2D eigenvalue weighted by molar-refractivity contribution is 6.32. The van der Waals surface area contributed by atoms with Crippen molar-refractivity contribution >= 4 is 22.7 Å². The summed E-state index contributed by atoms with van der Waals surface area (Å²) in [5.74, 6) is -0.308. The SMILES string of the molecule is Cc1cccc2c1NC(=O)/C2=C/C1=CC=C(c2cc(C(F)(F)F)cc(C(F)(F)F)c2)C1. The van der Waals surface area contributed by atoms with Crippen LogP contribution in [0, 0.1) is 6.92 Å². The van der Waals surface area contributed by atoms with Gasteiger partial charge in [0.25, 0.3) is 5.91 Å². The third kappa shape index (κ3) is 4.02. The first kappa shape index (κ1) is 21.0. The van der Waals surface area contributed by atoms with Gasteiger partial charge in [0.2, 0.25) is 0 Å². The van der Waals surface area contributed by atoms with Gasteiger partial charge >= 0.3 is 12.4 Å². The Labute approximate surface area is 173 Å². The number of rotatable bonds is 2. The van der Waals surface area contributed by atoms with E-state index in [2.05, 4.69) is 5.32 Å². The number of allylic oxidation sites excluding steroid dienone is 5. The van der Waals surface area contributed by atoms with Crippen LogP contribution < -0.4 is 5.32 Å². The fraction of sp³-hybridized carbons (Fsp3) is 0.174. The Kier molecular flexibility index (Phi) is 4.83. The maximum atomic E-state index is 13.1. The van der Waals surface area contributed by atoms with Crippen molar-refractivity contribution in [3.05, 3.63) is 88.0 Å². The highest BCUT2D eigenvalue weighted by atomic mass is 19.4. The van der Waals surface area contributed by atoms with Crippen LogP contribution in [0.15, 0.2) is 60.2 Å². The predicted molar refractivity (Wildman–Crippen MR) is 105 cm³/mol. The molecule has 0 radical (unpaired) electrons. The van der Waals surface area contributed by atoms with Crippen LogP contribution >= 0.6 is 0 Å². The van der Waals surface area contributed by atoms with E-state index in [1.54, 1.807) is 24.3 Å². The van der Waals surface area contributed by atoms with Crippen LogP contribution in [0.3, 0.4) is 0 Å². The van der Waals surface area contributed by atoms with Gasteiger partial charge in [-0.1, -0.05) is 30.4 Å².